The van der Waals surface area contributed by atoms with Crippen LogP contribution in [0.5, 0.6) is 0 Å². The van der Waals surface area contributed by atoms with Crippen LogP contribution >= 0.6 is 0 Å². The topological polar surface area (TPSA) is 90.6 Å². The molecule has 0 fully saturated rings. The van der Waals surface area contributed by atoms with Crippen molar-refractivity contribution in [2.75, 3.05) is 18.9 Å². The highest BCUT2D eigenvalue weighted by Gasteiger charge is 2.20. The van der Waals surface area contributed by atoms with Crippen molar-refractivity contribution in [3.63, 3.8) is 0 Å². The van der Waals surface area contributed by atoms with E-state index < -0.39 is 6.04 Å². The van der Waals surface area contributed by atoms with Gasteiger partial charge in [0.05, 0.1) is 13.2 Å². The number of carbonyl (C=O) groups excluding carboxylic acids is 2. The van der Waals surface area contributed by atoms with Gasteiger partial charge in [-0.25, -0.2) is 0 Å². The maximum absolute atomic E-state index is 11.9. The molecule has 1 rings (SSSR count). The van der Waals surface area contributed by atoms with Gasteiger partial charge in [0.1, 0.15) is 6.04 Å². The van der Waals surface area contributed by atoms with Crippen molar-refractivity contribution in [1.29, 1.82) is 0 Å². The standard InChI is InChI=1S/C16H24N2O4/c1-3-21-15(19)10-9-14(16(20)22-4-2)18-11-12-5-7-13(17)8-6-12/h5-8,14,18H,3-4,9-11,17H2,1-2H3/t14-/m1/s1. The fourth-order valence-corrected chi connectivity index (χ4v) is 1.92. The van der Waals surface area contributed by atoms with E-state index in [4.69, 9.17) is 15.2 Å². The molecule has 0 aliphatic heterocycles. The van der Waals surface area contributed by atoms with Gasteiger partial charge in [0.25, 0.3) is 0 Å². The summed E-state index contributed by atoms with van der Waals surface area (Å²) in [7, 11) is 0. The number of ether oxygens (including phenoxy) is 2. The van der Waals surface area contributed by atoms with Crippen LogP contribution in [0, 0.1) is 0 Å². The summed E-state index contributed by atoms with van der Waals surface area (Å²) in [6.45, 7) is 4.63. The Kier molecular flexibility index (Phi) is 7.99. The smallest absolute Gasteiger partial charge is 0.323 e. The van der Waals surface area contributed by atoms with Gasteiger partial charge in [-0.2, -0.15) is 0 Å². The van der Waals surface area contributed by atoms with Crippen molar-refractivity contribution in [1.82, 2.24) is 5.32 Å². The molecule has 0 bridgehead atoms. The molecule has 1 atom stereocenters. The average molecular weight is 308 g/mol. The Hall–Kier alpha value is -2.08. The molecule has 0 saturated heterocycles. The van der Waals surface area contributed by atoms with E-state index in [1.165, 1.54) is 0 Å². The molecule has 6 heteroatoms. The number of hydrogen-bond donors (Lipinski definition) is 2. The van der Waals surface area contributed by atoms with Gasteiger partial charge in [0, 0.05) is 18.7 Å². The van der Waals surface area contributed by atoms with Gasteiger partial charge >= 0.3 is 11.9 Å². The number of nitrogen functional groups attached to an aromatic ring is 1. The van der Waals surface area contributed by atoms with Gasteiger partial charge in [0.15, 0.2) is 0 Å². The quantitative estimate of drug-likeness (QED) is 0.532. The number of hydrogen-bond acceptors (Lipinski definition) is 6. The molecule has 22 heavy (non-hydrogen) atoms. The molecule has 0 unspecified atom stereocenters. The summed E-state index contributed by atoms with van der Waals surface area (Å²) in [6, 6.07) is 6.83. The van der Waals surface area contributed by atoms with Gasteiger partial charge in [-0.15, -0.1) is 0 Å². The number of rotatable bonds is 9. The average Bonchev–Trinajstić information content (AvgIpc) is 2.49. The third-order valence-corrected chi connectivity index (χ3v) is 3.05. The highest BCUT2D eigenvalue weighted by atomic mass is 16.5. The van der Waals surface area contributed by atoms with Crippen molar-refractivity contribution in [2.45, 2.75) is 39.3 Å². The zero-order valence-corrected chi connectivity index (χ0v) is 13.1. The molecule has 0 aromatic heterocycles. The molecule has 3 N–H and O–H groups in total. The Morgan fingerprint density at radius 2 is 1.77 bits per heavy atom. The van der Waals surface area contributed by atoms with Crippen molar-refractivity contribution < 1.29 is 19.1 Å². The molecule has 0 heterocycles. The second-order valence-corrected chi connectivity index (χ2v) is 4.77. The second kappa shape index (κ2) is 9.78. The highest BCUT2D eigenvalue weighted by Crippen LogP contribution is 2.07. The van der Waals surface area contributed by atoms with Crippen molar-refractivity contribution >= 4 is 17.6 Å². The molecule has 0 saturated carbocycles. The SMILES string of the molecule is CCOC(=O)CC[C@@H](NCc1ccc(N)cc1)C(=O)OCC. The van der Waals surface area contributed by atoms with Crippen LogP contribution in [0.15, 0.2) is 24.3 Å². The number of esters is 2. The predicted molar refractivity (Wildman–Crippen MR) is 84.0 cm³/mol. The van der Waals surface area contributed by atoms with Crippen LogP contribution in [0.3, 0.4) is 0 Å². The summed E-state index contributed by atoms with van der Waals surface area (Å²) in [5.41, 5.74) is 7.32. The summed E-state index contributed by atoms with van der Waals surface area (Å²) in [5.74, 6) is -0.673. The molecule has 0 aliphatic carbocycles. The van der Waals surface area contributed by atoms with E-state index in [0.717, 1.165) is 5.56 Å². The van der Waals surface area contributed by atoms with Crippen LogP contribution in [0.2, 0.25) is 0 Å². The number of nitrogens with one attached hydrogen (secondary N) is 1. The molecular weight excluding hydrogens is 284 g/mol. The largest absolute Gasteiger partial charge is 0.466 e. The van der Waals surface area contributed by atoms with Crippen LogP contribution in [-0.4, -0.2) is 31.2 Å². The van der Waals surface area contributed by atoms with E-state index in [1.54, 1.807) is 26.0 Å². The molecular formula is C16H24N2O4. The molecule has 122 valence electrons. The van der Waals surface area contributed by atoms with Crippen LogP contribution in [0.4, 0.5) is 5.69 Å². The van der Waals surface area contributed by atoms with E-state index >= 15 is 0 Å². The number of benzene rings is 1. The summed E-state index contributed by atoms with van der Waals surface area (Å²) < 4.78 is 9.91. The minimum Gasteiger partial charge on any atom is -0.466 e. The lowest BCUT2D eigenvalue weighted by atomic mass is 10.1. The van der Waals surface area contributed by atoms with E-state index in [2.05, 4.69) is 5.32 Å². The molecule has 0 amide bonds. The van der Waals surface area contributed by atoms with E-state index in [0.29, 0.717) is 31.9 Å². The molecule has 1 aromatic rings. The molecule has 6 nitrogen and oxygen atoms in total. The molecule has 0 spiro atoms. The first-order valence-electron chi connectivity index (χ1n) is 7.46. The van der Waals surface area contributed by atoms with E-state index in [-0.39, 0.29) is 18.4 Å². The Balaban J connectivity index is 2.55. The normalized spacial score (nSPS) is 11.7. The summed E-state index contributed by atoms with van der Waals surface area (Å²) in [5, 5.41) is 3.11. The molecule has 0 radical (unpaired) electrons. The lowest BCUT2D eigenvalue weighted by molar-refractivity contribution is -0.147. The Labute approximate surface area is 131 Å². The van der Waals surface area contributed by atoms with Gasteiger partial charge in [-0.3, -0.25) is 9.59 Å². The summed E-state index contributed by atoms with van der Waals surface area (Å²) in [4.78, 5) is 23.4. The first-order valence-corrected chi connectivity index (χ1v) is 7.46. The summed E-state index contributed by atoms with van der Waals surface area (Å²) >= 11 is 0. The van der Waals surface area contributed by atoms with Crippen molar-refractivity contribution in [3.8, 4) is 0 Å². The van der Waals surface area contributed by atoms with Crippen LogP contribution in [0.25, 0.3) is 0 Å². The maximum atomic E-state index is 11.9. The van der Waals surface area contributed by atoms with Gasteiger partial charge in [0.2, 0.25) is 0 Å². The van der Waals surface area contributed by atoms with E-state index in [1.807, 2.05) is 12.1 Å². The number of anilines is 1. The zero-order chi connectivity index (χ0) is 16.4. The lowest BCUT2D eigenvalue weighted by Crippen LogP contribution is -2.38. The Morgan fingerprint density at radius 3 is 2.36 bits per heavy atom. The molecule has 0 aliphatic rings. The fourth-order valence-electron chi connectivity index (χ4n) is 1.92. The number of nitrogens with two attached hydrogens (primary N) is 1. The Morgan fingerprint density at radius 1 is 1.14 bits per heavy atom. The van der Waals surface area contributed by atoms with E-state index in [9.17, 15) is 9.59 Å². The van der Waals surface area contributed by atoms with Crippen LogP contribution in [-0.2, 0) is 25.6 Å². The first-order chi connectivity index (χ1) is 10.6. The van der Waals surface area contributed by atoms with Gasteiger partial charge < -0.3 is 20.5 Å². The zero-order valence-electron chi connectivity index (χ0n) is 13.1. The van der Waals surface area contributed by atoms with Gasteiger partial charge in [-0.05, 0) is 38.0 Å². The second-order valence-electron chi connectivity index (χ2n) is 4.77. The fraction of sp³-hybridized carbons (Fsp3) is 0.500. The minimum absolute atomic E-state index is 0.173. The maximum Gasteiger partial charge on any atom is 0.323 e. The third-order valence-electron chi connectivity index (χ3n) is 3.05. The molecule has 1 aromatic carbocycles. The lowest BCUT2D eigenvalue weighted by Gasteiger charge is -2.17. The summed E-state index contributed by atoms with van der Waals surface area (Å²) in [6.07, 6.45) is 0.513. The van der Waals surface area contributed by atoms with Crippen LogP contribution < -0.4 is 11.1 Å². The van der Waals surface area contributed by atoms with Gasteiger partial charge in [-0.1, -0.05) is 12.1 Å². The monoisotopic (exact) mass is 308 g/mol. The minimum atomic E-state index is -0.540. The third kappa shape index (κ3) is 6.58. The predicted octanol–water partition coefficient (Wildman–Crippen LogP) is 1.63. The van der Waals surface area contributed by atoms with Crippen LogP contribution in [0.1, 0.15) is 32.3 Å². The first kappa shape index (κ1) is 18.0. The van der Waals surface area contributed by atoms with Crippen molar-refractivity contribution in [2.24, 2.45) is 0 Å². The van der Waals surface area contributed by atoms with Crippen molar-refractivity contribution in [3.05, 3.63) is 29.8 Å². The Bertz CT molecular complexity index is 474. The number of carbonyl (C=O) groups is 2. The highest BCUT2D eigenvalue weighted by molar-refractivity contribution is 5.77.